The van der Waals surface area contributed by atoms with Gasteiger partial charge in [0.1, 0.15) is 0 Å². The Bertz CT molecular complexity index is 550. The second kappa shape index (κ2) is 10.5. The van der Waals surface area contributed by atoms with Crippen LogP contribution < -0.4 is 0 Å². The molecule has 1 aromatic carbocycles. The van der Waals surface area contributed by atoms with E-state index in [9.17, 15) is 5.21 Å². The van der Waals surface area contributed by atoms with Gasteiger partial charge in [-0.05, 0) is 22.4 Å². The van der Waals surface area contributed by atoms with Crippen LogP contribution in [0, 0.1) is 24.7 Å². The van der Waals surface area contributed by atoms with Crippen LogP contribution in [-0.2, 0) is 6.54 Å². The molecule has 0 aliphatic rings. The van der Waals surface area contributed by atoms with Crippen molar-refractivity contribution in [1.82, 2.24) is 4.90 Å². The first kappa shape index (κ1) is 20.8. The normalized spacial score (nSPS) is 11.2. The first-order valence-corrected chi connectivity index (χ1v) is 7.88. The summed E-state index contributed by atoms with van der Waals surface area (Å²) >= 11 is 0. The Morgan fingerprint density at radius 1 is 1.09 bits per heavy atom. The maximum absolute atomic E-state index is 9.92. The van der Waals surface area contributed by atoms with Gasteiger partial charge in [0, 0.05) is 32.9 Å². The van der Waals surface area contributed by atoms with Crippen LogP contribution in [-0.4, -0.2) is 39.7 Å². The average molecular weight is 313 g/mol. The highest BCUT2D eigenvalue weighted by atomic mass is 16.5. The van der Waals surface area contributed by atoms with Crippen LogP contribution in [0.15, 0.2) is 24.3 Å². The Hall–Kier alpha value is -2.23. The van der Waals surface area contributed by atoms with E-state index in [-0.39, 0.29) is 5.54 Å². The summed E-state index contributed by atoms with van der Waals surface area (Å²) in [5, 5.41) is 9.92. The number of rotatable bonds is 5. The summed E-state index contributed by atoms with van der Waals surface area (Å²) in [6.45, 7) is 11.6. The number of hydrogen-bond donors (Lipinski definition) is 1. The molecular formula is C20H29N2O+. The molecule has 23 heavy (non-hydrogen) atoms. The van der Waals surface area contributed by atoms with Crippen LogP contribution in [0.1, 0.15) is 45.7 Å². The molecule has 0 aromatic heterocycles. The Kier molecular flexibility index (Phi) is 9.47. The monoisotopic (exact) mass is 313 g/mol. The molecule has 1 aromatic rings. The fraction of sp³-hybridized carbons (Fsp3) is 0.450. The molecule has 0 amide bonds. The second-order valence-electron chi connectivity index (χ2n) is 5.94. The second-order valence-corrected chi connectivity index (χ2v) is 5.94. The predicted octanol–water partition coefficient (Wildman–Crippen LogP) is 3.40. The summed E-state index contributed by atoms with van der Waals surface area (Å²) in [6, 6.07) is 7.97. The van der Waals surface area contributed by atoms with Crippen molar-refractivity contribution in [3.8, 4) is 24.7 Å². The van der Waals surface area contributed by atoms with Gasteiger partial charge in [-0.2, -0.15) is 0 Å². The molecule has 0 spiro atoms. The lowest BCUT2D eigenvalue weighted by Gasteiger charge is -2.16. The molecule has 0 fully saturated rings. The highest BCUT2D eigenvalue weighted by molar-refractivity contribution is 5.75. The summed E-state index contributed by atoms with van der Waals surface area (Å²) < 4.78 is 1.21. The Balaban J connectivity index is 0.00000232. The summed E-state index contributed by atoms with van der Waals surface area (Å²) in [5.74, 6) is 5.22. The van der Waals surface area contributed by atoms with Gasteiger partial charge in [-0.15, -0.1) is 12.8 Å². The SMILES string of the molecule is C#CCN(CC#C)Cc1ccc(/C=[N+](\O)C(C)(C)C)cc1.CC. The van der Waals surface area contributed by atoms with Crippen LogP contribution in [0.5, 0.6) is 0 Å². The standard InChI is InChI=1S/C18H23N2O.C2H6/c1-6-12-19(13-7-2)14-16-8-10-17(11-9-16)15-20(21)18(3,4)5;1-2/h1-2,8-11,15,21H,12-14H2,3-5H3;1-2H3/q+1;/b20-15-;. The van der Waals surface area contributed by atoms with Crippen molar-refractivity contribution >= 4 is 6.21 Å². The molecule has 0 heterocycles. The van der Waals surface area contributed by atoms with E-state index < -0.39 is 0 Å². The molecule has 0 aliphatic heterocycles. The molecule has 1 rings (SSSR count). The number of hydroxylamine groups is 1. The van der Waals surface area contributed by atoms with E-state index in [0.29, 0.717) is 13.1 Å². The fourth-order valence-electron chi connectivity index (χ4n) is 1.73. The van der Waals surface area contributed by atoms with Gasteiger partial charge in [0.05, 0.1) is 13.1 Å². The Morgan fingerprint density at radius 3 is 1.96 bits per heavy atom. The van der Waals surface area contributed by atoms with Crippen LogP contribution in [0.3, 0.4) is 0 Å². The largest absolute Gasteiger partial charge is 0.290 e. The lowest BCUT2D eigenvalue weighted by Crippen LogP contribution is -2.31. The van der Waals surface area contributed by atoms with Crippen LogP contribution in [0.4, 0.5) is 0 Å². The van der Waals surface area contributed by atoms with Crippen molar-refractivity contribution in [2.75, 3.05) is 13.1 Å². The van der Waals surface area contributed by atoms with E-state index in [4.69, 9.17) is 12.8 Å². The molecule has 0 aliphatic carbocycles. The molecule has 0 saturated heterocycles. The topological polar surface area (TPSA) is 26.5 Å². The Morgan fingerprint density at radius 2 is 1.57 bits per heavy atom. The minimum absolute atomic E-state index is 0.324. The van der Waals surface area contributed by atoms with Gasteiger partial charge in [-0.25, -0.2) is 0 Å². The third-order valence-electron chi connectivity index (χ3n) is 2.97. The quantitative estimate of drug-likeness (QED) is 0.296. The van der Waals surface area contributed by atoms with E-state index >= 15 is 0 Å². The Labute approximate surface area is 141 Å². The fourth-order valence-corrected chi connectivity index (χ4v) is 1.73. The summed E-state index contributed by atoms with van der Waals surface area (Å²) in [5.41, 5.74) is 1.75. The van der Waals surface area contributed by atoms with Gasteiger partial charge in [-0.3, -0.25) is 10.1 Å². The van der Waals surface area contributed by atoms with Gasteiger partial charge < -0.3 is 0 Å². The third-order valence-corrected chi connectivity index (χ3v) is 2.97. The third kappa shape index (κ3) is 8.10. The van der Waals surface area contributed by atoms with E-state index in [1.54, 1.807) is 6.21 Å². The summed E-state index contributed by atoms with van der Waals surface area (Å²) in [6.07, 6.45) is 12.4. The smallest absolute Gasteiger partial charge is 0.223 e. The average Bonchev–Trinajstić information content (AvgIpc) is 2.51. The zero-order valence-electron chi connectivity index (χ0n) is 15.0. The minimum atomic E-state index is -0.324. The van der Waals surface area contributed by atoms with Crippen molar-refractivity contribution in [3.05, 3.63) is 35.4 Å². The zero-order valence-corrected chi connectivity index (χ0v) is 15.0. The molecule has 0 atom stereocenters. The lowest BCUT2D eigenvalue weighted by molar-refractivity contribution is -0.816. The van der Waals surface area contributed by atoms with Gasteiger partial charge in [0.2, 0.25) is 11.8 Å². The van der Waals surface area contributed by atoms with Crippen LogP contribution in [0.2, 0.25) is 0 Å². The van der Waals surface area contributed by atoms with Crippen LogP contribution in [0.25, 0.3) is 0 Å². The maximum Gasteiger partial charge on any atom is 0.223 e. The molecular weight excluding hydrogens is 284 g/mol. The minimum Gasteiger partial charge on any atom is -0.290 e. The zero-order chi connectivity index (χ0) is 17.9. The molecule has 0 radical (unpaired) electrons. The maximum atomic E-state index is 9.92. The van der Waals surface area contributed by atoms with E-state index in [1.165, 1.54) is 4.74 Å². The van der Waals surface area contributed by atoms with E-state index in [1.807, 2.05) is 63.8 Å². The van der Waals surface area contributed by atoms with Crippen molar-refractivity contribution in [2.24, 2.45) is 0 Å². The van der Waals surface area contributed by atoms with Crippen LogP contribution >= 0.6 is 0 Å². The van der Waals surface area contributed by atoms with Crippen molar-refractivity contribution in [1.29, 1.82) is 0 Å². The van der Waals surface area contributed by atoms with Crippen molar-refractivity contribution in [3.63, 3.8) is 0 Å². The lowest BCUT2D eigenvalue weighted by atomic mass is 10.1. The number of hydrogen-bond acceptors (Lipinski definition) is 2. The highest BCUT2D eigenvalue weighted by Gasteiger charge is 2.23. The molecule has 0 bridgehead atoms. The van der Waals surface area contributed by atoms with E-state index in [0.717, 1.165) is 17.7 Å². The van der Waals surface area contributed by atoms with Crippen molar-refractivity contribution in [2.45, 2.75) is 46.7 Å². The number of nitrogens with zero attached hydrogens (tertiary/aromatic N) is 2. The molecule has 1 N–H and O–H groups in total. The molecule has 3 heteroatoms. The first-order valence-electron chi connectivity index (χ1n) is 7.88. The van der Waals surface area contributed by atoms with Crippen molar-refractivity contribution < 1.29 is 9.95 Å². The van der Waals surface area contributed by atoms with Gasteiger partial charge in [0.15, 0.2) is 0 Å². The molecule has 0 unspecified atom stereocenters. The molecule has 0 saturated carbocycles. The summed E-state index contributed by atoms with van der Waals surface area (Å²) in [7, 11) is 0. The van der Waals surface area contributed by atoms with Gasteiger partial charge >= 0.3 is 0 Å². The predicted molar refractivity (Wildman–Crippen MR) is 97.7 cm³/mol. The number of benzene rings is 1. The highest BCUT2D eigenvalue weighted by Crippen LogP contribution is 2.08. The van der Waals surface area contributed by atoms with Gasteiger partial charge in [-0.1, -0.05) is 37.8 Å². The summed E-state index contributed by atoms with van der Waals surface area (Å²) in [4.78, 5) is 2.02. The molecule has 3 nitrogen and oxygen atoms in total. The van der Waals surface area contributed by atoms with E-state index in [2.05, 4.69) is 11.8 Å². The number of terminal acetylenes is 2. The first-order chi connectivity index (χ1) is 10.9. The van der Waals surface area contributed by atoms with Gasteiger partial charge in [0.25, 0.3) is 0 Å². The molecule has 124 valence electrons.